The number of hydrogen-bond donors (Lipinski definition) is 1. The average Bonchev–Trinajstić information content (AvgIpc) is 3.40. The molecule has 0 saturated carbocycles. The number of ether oxygens (including phenoxy) is 1. The Morgan fingerprint density at radius 1 is 1.20 bits per heavy atom. The summed E-state index contributed by atoms with van der Waals surface area (Å²) in [5.41, 5.74) is 1.04. The maximum atomic E-state index is 12.8. The van der Waals surface area contributed by atoms with E-state index in [0.717, 1.165) is 61.2 Å². The van der Waals surface area contributed by atoms with Crippen molar-refractivity contribution >= 4 is 34.5 Å². The highest BCUT2D eigenvalue weighted by Gasteiger charge is 2.22. The lowest BCUT2D eigenvalue weighted by molar-refractivity contribution is -0.133. The molecule has 2 fully saturated rings. The van der Waals surface area contributed by atoms with Crippen LogP contribution in [0.3, 0.4) is 0 Å². The summed E-state index contributed by atoms with van der Waals surface area (Å²) in [6.07, 6.45) is 6.44. The SMILES string of the molecule is CC1CCN(C(=O)Cn2cc(SCC(=O)NC[C@H]3CCCO3)c3ccccc32)CC1. The fraction of sp³-hybridized carbons (Fsp3) is 0.565. The van der Waals surface area contributed by atoms with Gasteiger partial charge in [-0.05, 0) is 37.7 Å². The minimum atomic E-state index is 0.0193. The Morgan fingerprint density at radius 3 is 2.77 bits per heavy atom. The molecule has 0 unspecified atom stereocenters. The highest BCUT2D eigenvalue weighted by Crippen LogP contribution is 2.30. The molecule has 30 heavy (non-hydrogen) atoms. The van der Waals surface area contributed by atoms with Gasteiger partial charge in [-0.3, -0.25) is 9.59 Å². The minimum Gasteiger partial charge on any atom is -0.376 e. The zero-order chi connectivity index (χ0) is 20.9. The van der Waals surface area contributed by atoms with Crippen LogP contribution in [-0.2, 0) is 20.9 Å². The molecular formula is C23H31N3O3S. The number of nitrogens with zero attached hydrogens (tertiary/aromatic N) is 2. The number of nitrogens with one attached hydrogen (secondary N) is 1. The van der Waals surface area contributed by atoms with Crippen LogP contribution in [0.1, 0.15) is 32.6 Å². The zero-order valence-electron chi connectivity index (χ0n) is 17.6. The van der Waals surface area contributed by atoms with E-state index in [-0.39, 0.29) is 17.9 Å². The molecule has 162 valence electrons. The van der Waals surface area contributed by atoms with Gasteiger partial charge in [0, 0.05) is 48.2 Å². The normalized spacial score (nSPS) is 20.0. The quantitative estimate of drug-likeness (QED) is 0.686. The third kappa shape index (κ3) is 5.19. The highest BCUT2D eigenvalue weighted by molar-refractivity contribution is 8.00. The molecule has 1 aromatic heterocycles. The third-order valence-corrected chi connectivity index (χ3v) is 7.15. The molecule has 6 nitrogen and oxygen atoms in total. The number of aromatic nitrogens is 1. The van der Waals surface area contributed by atoms with Crippen molar-refractivity contribution in [3.05, 3.63) is 30.5 Å². The van der Waals surface area contributed by atoms with Crippen molar-refractivity contribution in [2.24, 2.45) is 5.92 Å². The van der Waals surface area contributed by atoms with E-state index in [9.17, 15) is 9.59 Å². The second kappa shape index (κ2) is 9.88. The van der Waals surface area contributed by atoms with E-state index in [4.69, 9.17) is 4.74 Å². The summed E-state index contributed by atoms with van der Waals surface area (Å²) in [7, 11) is 0. The number of rotatable bonds is 7. The maximum absolute atomic E-state index is 12.8. The van der Waals surface area contributed by atoms with Crippen molar-refractivity contribution < 1.29 is 14.3 Å². The van der Waals surface area contributed by atoms with Gasteiger partial charge in [-0.15, -0.1) is 11.8 Å². The molecular weight excluding hydrogens is 398 g/mol. The van der Waals surface area contributed by atoms with Crippen LogP contribution in [0.15, 0.2) is 35.4 Å². The minimum absolute atomic E-state index is 0.0193. The van der Waals surface area contributed by atoms with Crippen LogP contribution >= 0.6 is 11.8 Å². The molecule has 2 saturated heterocycles. The lowest BCUT2D eigenvalue weighted by Gasteiger charge is -2.30. The molecule has 3 heterocycles. The number of carbonyl (C=O) groups excluding carboxylic acids is 2. The molecule has 2 aliphatic rings. The van der Waals surface area contributed by atoms with Crippen LogP contribution in [0.2, 0.25) is 0 Å². The molecule has 0 aliphatic carbocycles. The fourth-order valence-corrected chi connectivity index (χ4v) is 5.11. The Labute approximate surface area is 182 Å². The number of para-hydroxylation sites is 1. The summed E-state index contributed by atoms with van der Waals surface area (Å²) >= 11 is 1.53. The monoisotopic (exact) mass is 429 g/mol. The van der Waals surface area contributed by atoms with E-state index in [0.29, 0.717) is 24.8 Å². The van der Waals surface area contributed by atoms with Gasteiger partial charge in [-0.2, -0.15) is 0 Å². The first-order chi connectivity index (χ1) is 14.6. The molecule has 2 amide bonds. The van der Waals surface area contributed by atoms with Gasteiger partial charge in [0.2, 0.25) is 11.8 Å². The Hall–Kier alpha value is -1.99. The summed E-state index contributed by atoms with van der Waals surface area (Å²) < 4.78 is 7.59. The molecule has 0 bridgehead atoms. The van der Waals surface area contributed by atoms with Gasteiger partial charge in [0.1, 0.15) is 6.54 Å². The van der Waals surface area contributed by atoms with Crippen LogP contribution in [0.4, 0.5) is 0 Å². The van der Waals surface area contributed by atoms with E-state index < -0.39 is 0 Å². The van der Waals surface area contributed by atoms with Crippen molar-refractivity contribution in [3.8, 4) is 0 Å². The summed E-state index contributed by atoms with van der Waals surface area (Å²) in [6.45, 7) is 5.69. The number of piperidine rings is 1. The first kappa shape index (κ1) is 21.2. The van der Waals surface area contributed by atoms with Crippen molar-refractivity contribution in [1.29, 1.82) is 0 Å². The topological polar surface area (TPSA) is 63.6 Å². The Bertz CT molecular complexity index is 883. The number of amides is 2. The van der Waals surface area contributed by atoms with E-state index in [1.54, 1.807) is 0 Å². The Kier molecular flexibility index (Phi) is 7.00. The Morgan fingerprint density at radius 2 is 2.00 bits per heavy atom. The van der Waals surface area contributed by atoms with Crippen LogP contribution in [0.25, 0.3) is 10.9 Å². The van der Waals surface area contributed by atoms with Crippen molar-refractivity contribution in [3.63, 3.8) is 0 Å². The molecule has 0 spiro atoms. The first-order valence-electron chi connectivity index (χ1n) is 11.0. The van der Waals surface area contributed by atoms with Crippen molar-refractivity contribution in [1.82, 2.24) is 14.8 Å². The molecule has 7 heteroatoms. The van der Waals surface area contributed by atoms with Gasteiger partial charge in [-0.1, -0.05) is 25.1 Å². The van der Waals surface area contributed by atoms with Crippen LogP contribution < -0.4 is 5.32 Å². The first-order valence-corrected chi connectivity index (χ1v) is 12.0. The summed E-state index contributed by atoms with van der Waals surface area (Å²) in [5, 5.41) is 4.07. The summed E-state index contributed by atoms with van der Waals surface area (Å²) in [5.74, 6) is 1.26. The highest BCUT2D eigenvalue weighted by atomic mass is 32.2. The van der Waals surface area contributed by atoms with Crippen molar-refractivity contribution in [2.45, 2.75) is 50.2 Å². The second-order valence-electron chi connectivity index (χ2n) is 8.43. The second-order valence-corrected chi connectivity index (χ2v) is 9.45. The van der Waals surface area contributed by atoms with Crippen LogP contribution in [0.5, 0.6) is 0 Å². The molecule has 4 rings (SSSR count). The molecule has 1 atom stereocenters. The molecule has 1 aromatic carbocycles. The average molecular weight is 430 g/mol. The zero-order valence-corrected chi connectivity index (χ0v) is 18.5. The Balaban J connectivity index is 1.38. The largest absolute Gasteiger partial charge is 0.376 e. The standard InChI is InChI=1S/C23H31N3O3S/c1-17-8-10-25(11-9-17)23(28)15-26-14-21(19-6-2-3-7-20(19)26)30-16-22(27)24-13-18-5-4-12-29-18/h2-3,6-7,14,17-18H,4-5,8-13,15-16H2,1H3,(H,24,27)/t18-/m1/s1. The van der Waals surface area contributed by atoms with E-state index >= 15 is 0 Å². The van der Waals surface area contributed by atoms with Gasteiger partial charge >= 0.3 is 0 Å². The maximum Gasteiger partial charge on any atom is 0.242 e. The number of carbonyl (C=O) groups is 2. The summed E-state index contributed by atoms with van der Waals surface area (Å²) in [6, 6.07) is 8.10. The number of likely N-dealkylation sites (tertiary alicyclic amines) is 1. The number of hydrogen-bond acceptors (Lipinski definition) is 4. The molecule has 0 radical (unpaired) electrons. The van der Waals surface area contributed by atoms with Gasteiger partial charge in [0.15, 0.2) is 0 Å². The molecule has 2 aromatic rings. The smallest absolute Gasteiger partial charge is 0.242 e. The van der Waals surface area contributed by atoms with E-state index in [1.165, 1.54) is 11.8 Å². The molecule has 2 aliphatic heterocycles. The number of thioether (sulfide) groups is 1. The molecule has 1 N–H and O–H groups in total. The van der Waals surface area contributed by atoms with Gasteiger partial charge in [0.05, 0.1) is 11.9 Å². The number of benzene rings is 1. The van der Waals surface area contributed by atoms with Gasteiger partial charge < -0.3 is 19.5 Å². The van der Waals surface area contributed by atoms with Crippen LogP contribution in [-0.4, -0.2) is 59.4 Å². The van der Waals surface area contributed by atoms with Gasteiger partial charge in [-0.25, -0.2) is 0 Å². The van der Waals surface area contributed by atoms with Crippen LogP contribution in [0, 0.1) is 5.92 Å². The third-order valence-electron chi connectivity index (χ3n) is 6.10. The number of fused-ring (bicyclic) bond motifs is 1. The predicted octanol–water partition coefficient (Wildman–Crippen LogP) is 3.29. The fourth-order valence-electron chi connectivity index (χ4n) is 4.19. The van der Waals surface area contributed by atoms with Gasteiger partial charge in [0.25, 0.3) is 0 Å². The van der Waals surface area contributed by atoms with E-state index in [1.807, 2.05) is 33.9 Å². The van der Waals surface area contributed by atoms with Crippen molar-refractivity contribution in [2.75, 3.05) is 32.0 Å². The van der Waals surface area contributed by atoms with E-state index in [2.05, 4.69) is 18.3 Å². The summed E-state index contributed by atoms with van der Waals surface area (Å²) in [4.78, 5) is 28.1. The predicted molar refractivity (Wildman–Crippen MR) is 120 cm³/mol. The lowest BCUT2D eigenvalue weighted by Crippen LogP contribution is -2.39. The lowest BCUT2D eigenvalue weighted by atomic mass is 9.99.